The molecule has 0 aromatic carbocycles. The summed E-state index contributed by atoms with van der Waals surface area (Å²) in [4.78, 5) is 22.1. The van der Waals surface area contributed by atoms with Crippen LogP contribution in [0.2, 0.25) is 0 Å². The second-order valence-electron chi connectivity index (χ2n) is 7.72. The number of aromatic nitrogens is 4. The molecule has 3 aromatic rings. The van der Waals surface area contributed by atoms with Crippen molar-refractivity contribution in [1.82, 2.24) is 25.1 Å². The van der Waals surface area contributed by atoms with Gasteiger partial charge in [0.1, 0.15) is 11.7 Å². The number of anilines is 1. The van der Waals surface area contributed by atoms with E-state index in [-0.39, 0.29) is 11.9 Å². The van der Waals surface area contributed by atoms with Crippen LogP contribution in [0.5, 0.6) is 0 Å². The lowest BCUT2D eigenvalue weighted by atomic mass is 9.93. The molecule has 3 aromatic heterocycles. The molecule has 0 unspecified atom stereocenters. The summed E-state index contributed by atoms with van der Waals surface area (Å²) in [6.45, 7) is 3.53. The Kier molecular flexibility index (Phi) is 3.66. The van der Waals surface area contributed by atoms with E-state index in [2.05, 4.69) is 25.5 Å². The van der Waals surface area contributed by atoms with E-state index in [4.69, 9.17) is 4.42 Å². The zero-order chi connectivity index (χ0) is 18.4. The van der Waals surface area contributed by atoms with E-state index in [0.717, 1.165) is 37.0 Å². The van der Waals surface area contributed by atoms with E-state index in [1.165, 1.54) is 12.8 Å². The van der Waals surface area contributed by atoms with Gasteiger partial charge in [-0.15, -0.1) is 5.10 Å². The van der Waals surface area contributed by atoms with Crippen molar-refractivity contribution in [3.63, 3.8) is 0 Å². The average Bonchev–Trinajstić information content (AvgIpc) is 3.10. The molecule has 1 saturated heterocycles. The first kappa shape index (κ1) is 16.3. The van der Waals surface area contributed by atoms with Crippen molar-refractivity contribution in [2.24, 2.45) is 5.41 Å². The van der Waals surface area contributed by atoms with E-state index in [1.54, 1.807) is 6.20 Å². The lowest BCUT2D eigenvalue weighted by Gasteiger charge is -2.33. The van der Waals surface area contributed by atoms with Crippen molar-refractivity contribution in [2.75, 3.05) is 18.4 Å². The summed E-state index contributed by atoms with van der Waals surface area (Å²) < 4.78 is 5.69. The van der Waals surface area contributed by atoms with Gasteiger partial charge >= 0.3 is 6.01 Å². The SMILES string of the molecule is C[C@@H](Nc1nnc(-c2cc3ncccc3[nH]2)o1)C(=O)N1CCC2(CC1)CC2. The molecule has 2 fully saturated rings. The quantitative estimate of drug-likeness (QED) is 0.736. The fraction of sp³-hybridized carbons (Fsp3) is 0.474. The van der Waals surface area contributed by atoms with E-state index < -0.39 is 6.04 Å². The van der Waals surface area contributed by atoms with Crippen LogP contribution in [-0.2, 0) is 4.79 Å². The van der Waals surface area contributed by atoms with Gasteiger partial charge in [-0.2, -0.15) is 0 Å². The molecule has 1 atom stereocenters. The number of hydrogen-bond acceptors (Lipinski definition) is 6. The first-order valence-corrected chi connectivity index (χ1v) is 9.45. The van der Waals surface area contributed by atoms with Gasteiger partial charge in [0.2, 0.25) is 5.91 Å². The van der Waals surface area contributed by atoms with Crippen molar-refractivity contribution in [3.05, 3.63) is 24.4 Å². The number of piperidine rings is 1. The molecule has 1 saturated carbocycles. The molecule has 0 radical (unpaired) electrons. The van der Waals surface area contributed by atoms with E-state index >= 15 is 0 Å². The molecule has 4 heterocycles. The number of carbonyl (C=O) groups excluding carboxylic acids is 1. The van der Waals surface area contributed by atoms with Crippen molar-refractivity contribution in [1.29, 1.82) is 0 Å². The minimum atomic E-state index is -0.407. The highest BCUT2D eigenvalue weighted by Crippen LogP contribution is 2.53. The molecular formula is C19H22N6O2. The van der Waals surface area contributed by atoms with Crippen molar-refractivity contribution >= 4 is 23.0 Å². The Morgan fingerprint density at radius 2 is 2.11 bits per heavy atom. The number of amides is 1. The minimum Gasteiger partial charge on any atom is -0.402 e. The van der Waals surface area contributed by atoms with Crippen LogP contribution in [0.3, 0.4) is 0 Å². The first-order valence-electron chi connectivity index (χ1n) is 9.45. The highest BCUT2D eigenvalue weighted by atomic mass is 16.4. The summed E-state index contributed by atoms with van der Waals surface area (Å²) in [5.74, 6) is 0.448. The maximum Gasteiger partial charge on any atom is 0.316 e. The molecule has 5 rings (SSSR count). The number of aromatic amines is 1. The van der Waals surface area contributed by atoms with Gasteiger partial charge in [-0.05, 0) is 56.2 Å². The third kappa shape index (κ3) is 3.05. The van der Waals surface area contributed by atoms with Crippen molar-refractivity contribution < 1.29 is 9.21 Å². The molecule has 2 N–H and O–H groups in total. The fourth-order valence-corrected chi connectivity index (χ4v) is 3.86. The van der Waals surface area contributed by atoms with Gasteiger partial charge in [-0.1, -0.05) is 5.10 Å². The molecule has 140 valence electrons. The molecule has 27 heavy (non-hydrogen) atoms. The van der Waals surface area contributed by atoms with Crippen molar-refractivity contribution in [3.8, 4) is 11.6 Å². The van der Waals surface area contributed by atoms with Crippen LogP contribution in [0.25, 0.3) is 22.6 Å². The van der Waals surface area contributed by atoms with Gasteiger partial charge in [-0.25, -0.2) is 0 Å². The number of nitrogens with one attached hydrogen (secondary N) is 2. The van der Waals surface area contributed by atoms with E-state index in [9.17, 15) is 4.79 Å². The number of H-pyrrole nitrogens is 1. The first-order chi connectivity index (χ1) is 13.1. The van der Waals surface area contributed by atoms with E-state index in [0.29, 0.717) is 17.0 Å². The van der Waals surface area contributed by atoms with Gasteiger partial charge in [0.05, 0.1) is 11.0 Å². The average molecular weight is 366 g/mol. The largest absolute Gasteiger partial charge is 0.402 e. The Balaban J connectivity index is 1.25. The Morgan fingerprint density at radius 1 is 1.30 bits per heavy atom. The van der Waals surface area contributed by atoms with Gasteiger partial charge in [0.15, 0.2) is 0 Å². The molecule has 8 heteroatoms. The maximum absolute atomic E-state index is 12.7. The van der Waals surface area contributed by atoms with Crippen LogP contribution < -0.4 is 5.32 Å². The van der Waals surface area contributed by atoms with Crippen LogP contribution >= 0.6 is 0 Å². The summed E-state index contributed by atoms with van der Waals surface area (Å²) in [6, 6.07) is 5.50. The zero-order valence-corrected chi connectivity index (χ0v) is 15.2. The molecule has 2 aliphatic rings. The van der Waals surface area contributed by atoms with Crippen LogP contribution in [0.1, 0.15) is 32.6 Å². The van der Waals surface area contributed by atoms with Crippen LogP contribution in [-0.4, -0.2) is 50.1 Å². The van der Waals surface area contributed by atoms with Crippen molar-refractivity contribution in [2.45, 2.75) is 38.6 Å². The molecule has 1 aliphatic carbocycles. The molecule has 8 nitrogen and oxygen atoms in total. The summed E-state index contributed by atoms with van der Waals surface area (Å²) in [5, 5.41) is 11.1. The normalized spacial score (nSPS) is 19.4. The van der Waals surface area contributed by atoms with Gasteiger partial charge in [0.25, 0.3) is 5.89 Å². The summed E-state index contributed by atoms with van der Waals surface area (Å²) in [6.07, 6.45) is 6.66. The molecular weight excluding hydrogens is 344 g/mol. The number of nitrogens with zero attached hydrogens (tertiary/aromatic N) is 4. The van der Waals surface area contributed by atoms with Crippen LogP contribution in [0, 0.1) is 5.41 Å². The maximum atomic E-state index is 12.7. The number of hydrogen-bond donors (Lipinski definition) is 2. The third-order valence-electron chi connectivity index (χ3n) is 5.85. The smallest absolute Gasteiger partial charge is 0.316 e. The molecule has 1 aliphatic heterocycles. The lowest BCUT2D eigenvalue weighted by Crippen LogP contribution is -2.45. The number of carbonyl (C=O) groups is 1. The predicted molar refractivity (Wildman–Crippen MR) is 100.0 cm³/mol. The summed E-state index contributed by atoms with van der Waals surface area (Å²) in [5.41, 5.74) is 3.00. The highest BCUT2D eigenvalue weighted by Gasteiger charge is 2.45. The monoisotopic (exact) mass is 366 g/mol. The number of rotatable bonds is 4. The van der Waals surface area contributed by atoms with Crippen LogP contribution in [0.4, 0.5) is 6.01 Å². The third-order valence-corrected chi connectivity index (χ3v) is 5.85. The Labute approximate surface area is 156 Å². The fourth-order valence-electron chi connectivity index (χ4n) is 3.86. The molecule has 1 amide bonds. The molecule has 1 spiro atoms. The lowest BCUT2D eigenvalue weighted by molar-refractivity contribution is -0.133. The predicted octanol–water partition coefficient (Wildman–Crippen LogP) is 2.82. The van der Waals surface area contributed by atoms with Gasteiger partial charge in [-0.3, -0.25) is 9.78 Å². The second kappa shape index (κ2) is 6.07. The Morgan fingerprint density at radius 3 is 2.85 bits per heavy atom. The number of fused-ring (bicyclic) bond motifs is 1. The minimum absolute atomic E-state index is 0.0834. The van der Waals surface area contributed by atoms with E-state index in [1.807, 2.05) is 30.0 Å². The Hall–Kier alpha value is -2.90. The summed E-state index contributed by atoms with van der Waals surface area (Å²) >= 11 is 0. The Bertz CT molecular complexity index is 946. The zero-order valence-electron chi connectivity index (χ0n) is 15.2. The standard InChI is InChI=1S/C19H22N6O2/c1-12(17(26)25-9-6-19(4-5-19)7-10-25)21-18-24-23-16(27-18)15-11-14-13(22-15)3-2-8-20-14/h2-3,8,11-12,22H,4-7,9-10H2,1H3,(H,21,24)/t12-/m1/s1. The van der Waals surface area contributed by atoms with Crippen LogP contribution in [0.15, 0.2) is 28.8 Å². The number of likely N-dealkylation sites (tertiary alicyclic amines) is 1. The van der Waals surface area contributed by atoms with Gasteiger partial charge < -0.3 is 19.6 Å². The highest BCUT2D eigenvalue weighted by molar-refractivity contribution is 5.84. The second-order valence-corrected chi connectivity index (χ2v) is 7.72. The topological polar surface area (TPSA) is 99.9 Å². The van der Waals surface area contributed by atoms with Gasteiger partial charge in [0, 0.05) is 19.3 Å². The molecule has 0 bridgehead atoms. The summed E-state index contributed by atoms with van der Waals surface area (Å²) in [7, 11) is 0. The number of pyridine rings is 1.